The summed E-state index contributed by atoms with van der Waals surface area (Å²) in [7, 11) is 0. The first-order valence-corrected chi connectivity index (χ1v) is 4.49. The van der Waals surface area contributed by atoms with Crippen LogP contribution < -0.4 is 5.32 Å². The van der Waals surface area contributed by atoms with Crippen molar-refractivity contribution < 1.29 is 9.53 Å². The van der Waals surface area contributed by atoms with Gasteiger partial charge in [0, 0.05) is 11.9 Å². The van der Waals surface area contributed by atoms with Gasteiger partial charge in [0.1, 0.15) is 6.61 Å². The number of alkyl carbamates (subject to hydrolysis) is 1. The summed E-state index contributed by atoms with van der Waals surface area (Å²) in [6.45, 7) is 0.830. The third-order valence-electron chi connectivity index (χ3n) is 0.674. The van der Waals surface area contributed by atoms with Gasteiger partial charge in [0.05, 0.1) is 5.88 Å². The molecule has 60 valence electrons. The van der Waals surface area contributed by atoms with E-state index in [1.807, 2.05) is 0 Å². The highest BCUT2D eigenvalue weighted by Gasteiger charge is 1.97. The lowest BCUT2D eigenvalue weighted by Gasteiger charge is -2.02. The largest absolute Gasteiger partial charge is 0.448 e. The summed E-state index contributed by atoms with van der Waals surface area (Å²) in [5.41, 5.74) is 0. The van der Waals surface area contributed by atoms with Gasteiger partial charge in [-0.1, -0.05) is 15.9 Å². The van der Waals surface area contributed by atoms with Crippen LogP contribution in [-0.2, 0) is 4.74 Å². The maximum atomic E-state index is 10.5. The van der Waals surface area contributed by atoms with Crippen molar-refractivity contribution in [3.05, 3.63) is 0 Å². The molecule has 1 N–H and O–H groups in total. The monoisotopic (exact) mass is 229 g/mol. The Morgan fingerprint density at radius 1 is 1.70 bits per heavy atom. The molecule has 3 nitrogen and oxygen atoms in total. The van der Waals surface area contributed by atoms with E-state index < -0.39 is 6.09 Å². The molecule has 0 aliphatic rings. The highest BCUT2D eigenvalue weighted by atomic mass is 79.9. The first-order valence-electron chi connectivity index (χ1n) is 2.83. The van der Waals surface area contributed by atoms with Gasteiger partial charge in [-0.05, 0) is 0 Å². The fraction of sp³-hybridized carbons (Fsp3) is 0.800. The molecule has 1 amide bonds. The fourth-order valence-electron chi connectivity index (χ4n) is 0.332. The third-order valence-corrected chi connectivity index (χ3v) is 1.22. The van der Waals surface area contributed by atoms with E-state index in [2.05, 4.69) is 26.0 Å². The molecule has 0 saturated carbocycles. The summed E-state index contributed by atoms with van der Waals surface area (Å²) in [5.74, 6) is 0.335. The Balaban J connectivity index is 3.09. The minimum atomic E-state index is -0.417. The molecule has 0 rings (SSSR count). The molecule has 0 aromatic carbocycles. The molecule has 0 saturated heterocycles. The number of halogens is 2. The number of amides is 1. The summed E-state index contributed by atoms with van der Waals surface area (Å²) in [6, 6.07) is 0. The van der Waals surface area contributed by atoms with Crippen molar-refractivity contribution in [3.63, 3.8) is 0 Å². The topological polar surface area (TPSA) is 38.3 Å². The van der Waals surface area contributed by atoms with Gasteiger partial charge in [-0.2, -0.15) is 0 Å². The Hall–Kier alpha value is 0.0400. The molecule has 0 aliphatic carbocycles. The van der Waals surface area contributed by atoms with Gasteiger partial charge in [0.25, 0.3) is 0 Å². The molecule has 0 heterocycles. The summed E-state index contributed by atoms with van der Waals surface area (Å²) < 4.78 is 4.59. The molecule has 0 aromatic heterocycles. The molecule has 5 heteroatoms. The predicted octanol–water partition coefficient (Wildman–Crippen LogP) is 1.35. The first-order chi connectivity index (χ1) is 4.81. The maximum Gasteiger partial charge on any atom is 0.407 e. The van der Waals surface area contributed by atoms with Crippen molar-refractivity contribution in [3.8, 4) is 0 Å². The molecule has 0 aliphatic heterocycles. The average molecular weight is 230 g/mol. The Labute approximate surface area is 73.2 Å². The number of carbonyl (C=O) groups is 1. The Bertz CT molecular complexity index is 91.6. The van der Waals surface area contributed by atoms with Crippen LogP contribution in [0.3, 0.4) is 0 Å². The zero-order chi connectivity index (χ0) is 7.82. The normalized spacial score (nSPS) is 9.00. The minimum absolute atomic E-state index is 0.260. The van der Waals surface area contributed by atoms with Crippen molar-refractivity contribution >= 4 is 33.6 Å². The van der Waals surface area contributed by atoms with Gasteiger partial charge in [0.15, 0.2) is 0 Å². The first kappa shape index (κ1) is 10.0. The minimum Gasteiger partial charge on any atom is -0.448 e. The summed E-state index contributed by atoms with van der Waals surface area (Å²) in [4.78, 5) is 10.5. The van der Waals surface area contributed by atoms with Crippen LogP contribution in [0.2, 0.25) is 0 Å². The lowest BCUT2D eigenvalue weighted by molar-refractivity contribution is 0.153. The molecule has 0 fully saturated rings. The summed E-state index contributed by atoms with van der Waals surface area (Å²) in [5, 5.41) is 3.23. The van der Waals surface area contributed by atoms with Gasteiger partial charge < -0.3 is 10.1 Å². The second-order valence-corrected chi connectivity index (χ2v) is 2.61. The number of hydrogen-bond acceptors (Lipinski definition) is 2. The van der Waals surface area contributed by atoms with E-state index in [0.717, 1.165) is 5.33 Å². The number of alkyl halides is 2. The van der Waals surface area contributed by atoms with E-state index in [4.69, 9.17) is 11.6 Å². The van der Waals surface area contributed by atoms with E-state index in [9.17, 15) is 4.79 Å². The Kier molecular flexibility index (Phi) is 7.18. The number of ether oxygens (including phenoxy) is 1. The van der Waals surface area contributed by atoms with Crippen molar-refractivity contribution in [1.29, 1.82) is 0 Å². The van der Waals surface area contributed by atoms with Gasteiger partial charge in [0.2, 0.25) is 0 Å². The quantitative estimate of drug-likeness (QED) is 0.741. The van der Waals surface area contributed by atoms with E-state index >= 15 is 0 Å². The van der Waals surface area contributed by atoms with Crippen LogP contribution in [0.4, 0.5) is 4.79 Å². The van der Waals surface area contributed by atoms with E-state index in [1.165, 1.54) is 0 Å². The lowest BCUT2D eigenvalue weighted by Crippen LogP contribution is -2.26. The zero-order valence-electron chi connectivity index (χ0n) is 5.40. The molecule has 0 aromatic rings. The van der Waals surface area contributed by atoms with E-state index in [-0.39, 0.29) is 6.61 Å². The molecule has 0 radical (unpaired) electrons. The highest BCUT2D eigenvalue weighted by Crippen LogP contribution is 1.81. The van der Waals surface area contributed by atoms with Crippen LogP contribution in [0.15, 0.2) is 0 Å². The van der Waals surface area contributed by atoms with Crippen LogP contribution >= 0.6 is 27.5 Å². The molecule has 0 unspecified atom stereocenters. The van der Waals surface area contributed by atoms with Crippen molar-refractivity contribution in [2.75, 3.05) is 24.4 Å². The molecular weight excluding hydrogens is 221 g/mol. The zero-order valence-corrected chi connectivity index (χ0v) is 7.74. The smallest absolute Gasteiger partial charge is 0.407 e. The second-order valence-electron chi connectivity index (χ2n) is 1.44. The van der Waals surface area contributed by atoms with E-state index in [0.29, 0.717) is 12.4 Å². The van der Waals surface area contributed by atoms with Gasteiger partial charge >= 0.3 is 6.09 Å². The van der Waals surface area contributed by atoms with Gasteiger partial charge in [-0.25, -0.2) is 4.79 Å². The second kappa shape index (κ2) is 7.15. The van der Waals surface area contributed by atoms with Crippen LogP contribution in [-0.4, -0.2) is 30.5 Å². The van der Waals surface area contributed by atoms with Crippen molar-refractivity contribution in [2.24, 2.45) is 0 Å². The number of hydrogen-bond donors (Lipinski definition) is 1. The van der Waals surface area contributed by atoms with Gasteiger partial charge in [-0.3, -0.25) is 0 Å². The molecule has 0 spiro atoms. The number of rotatable bonds is 4. The predicted molar refractivity (Wildman–Crippen MR) is 43.9 cm³/mol. The Morgan fingerprint density at radius 3 is 2.90 bits per heavy atom. The number of nitrogens with one attached hydrogen (secondary N) is 1. The molecular formula is C5H9BrClNO2. The Morgan fingerprint density at radius 2 is 2.40 bits per heavy atom. The number of carbonyl (C=O) groups excluding carboxylic acids is 1. The average Bonchev–Trinajstić information content (AvgIpc) is 1.97. The molecule has 10 heavy (non-hydrogen) atoms. The standard InChI is InChI=1S/C5H9BrClNO2/c6-1-3-8-5(9)10-4-2-7/h1-4H2,(H,8,9). The van der Waals surface area contributed by atoms with Crippen molar-refractivity contribution in [1.82, 2.24) is 5.32 Å². The summed E-state index contributed by atoms with van der Waals surface area (Å²) >= 11 is 8.42. The third kappa shape index (κ3) is 6.16. The van der Waals surface area contributed by atoms with Crippen LogP contribution in [0.25, 0.3) is 0 Å². The van der Waals surface area contributed by atoms with Gasteiger partial charge in [-0.15, -0.1) is 11.6 Å². The van der Waals surface area contributed by atoms with Crippen molar-refractivity contribution in [2.45, 2.75) is 0 Å². The lowest BCUT2D eigenvalue weighted by atomic mass is 10.7. The fourth-order valence-corrected chi connectivity index (χ4v) is 0.607. The highest BCUT2D eigenvalue weighted by molar-refractivity contribution is 9.09. The SMILES string of the molecule is O=C(NCCBr)OCCCl. The summed E-state index contributed by atoms with van der Waals surface area (Å²) in [6.07, 6.45) is -0.417. The van der Waals surface area contributed by atoms with E-state index in [1.54, 1.807) is 0 Å². The van der Waals surface area contributed by atoms with Crippen LogP contribution in [0.5, 0.6) is 0 Å². The maximum absolute atomic E-state index is 10.5. The van der Waals surface area contributed by atoms with Crippen LogP contribution in [0.1, 0.15) is 0 Å². The van der Waals surface area contributed by atoms with Crippen LogP contribution in [0, 0.1) is 0 Å². The molecule has 0 bridgehead atoms. The molecule has 0 atom stereocenters.